The van der Waals surface area contributed by atoms with E-state index in [1.807, 2.05) is 36.4 Å². The van der Waals surface area contributed by atoms with E-state index in [0.717, 1.165) is 29.1 Å². The lowest BCUT2D eigenvalue weighted by Gasteiger charge is -2.29. The minimum Gasteiger partial charge on any atom is -0.486 e. The van der Waals surface area contributed by atoms with Gasteiger partial charge in [0.25, 0.3) is 0 Å². The average molecular weight is 514 g/mol. The van der Waals surface area contributed by atoms with E-state index in [0.29, 0.717) is 25.3 Å². The highest BCUT2D eigenvalue weighted by Gasteiger charge is 2.35. The number of imidazole rings is 1. The van der Waals surface area contributed by atoms with Crippen LogP contribution in [0.3, 0.4) is 0 Å². The molecule has 5 nitrogen and oxygen atoms in total. The quantitative estimate of drug-likeness (QED) is 0.222. The standard InChI is InChI=1S/C32H36FN3O2/c1-23(2)31(28(14-9-19-34)30(37)22-38-27-17-15-26(33)16-18-27)32-35-29(25-12-7-4-8-13-25)21-36(32)20-24-10-5-3-6-11-24/h3-8,10-13,15-18,21,23,28,31H,9,14,19-20,22,34H2,1-2H3/t28?,31-/m0/s1. The molecule has 6 heteroatoms. The molecule has 38 heavy (non-hydrogen) atoms. The predicted octanol–water partition coefficient (Wildman–Crippen LogP) is 6.48. The summed E-state index contributed by atoms with van der Waals surface area (Å²) in [7, 11) is 0. The minimum atomic E-state index is -0.344. The van der Waals surface area contributed by atoms with E-state index < -0.39 is 0 Å². The summed E-state index contributed by atoms with van der Waals surface area (Å²) in [5, 5.41) is 0. The third-order valence-corrected chi connectivity index (χ3v) is 6.85. The minimum absolute atomic E-state index is 0.00278. The third kappa shape index (κ3) is 6.95. The number of halogens is 1. The van der Waals surface area contributed by atoms with E-state index in [4.69, 9.17) is 15.5 Å². The van der Waals surface area contributed by atoms with Gasteiger partial charge < -0.3 is 15.0 Å². The number of carbonyl (C=O) groups is 1. The Kier molecular flexibility index (Phi) is 9.44. The Morgan fingerprint density at radius 1 is 0.974 bits per heavy atom. The lowest BCUT2D eigenvalue weighted by atomic mass is 9.77. The zero-order valence-electron chi connectivity index (χ0n) is 22.1. The molecule has 0 saturated heterocycles. The van der Waals surface area contributed by atoms with Crippen LogP contribution in [0, 0.1) is 17.7 Å². The second-order valence-electron chi connectivity index (χ2n) is 9.98. The Bertz CT molecular complexity index is 1290. The number of nitrogens with zero attached hydrogens (tertiary/aromatic N) is 2. The maximum Gasteiger partial charge on any atom is 0.173 e. The molecule has 4 aromatic rings. The molecule has 0 spiro atoms. The molecule has 0 saturated carbocycles. The Hall–Kier alpha value is -3.77. The second-order valence-corrected chi connectivity index (χ2v) is 9.98. The van der Waals surface area contributed by atoms with Crippen LogP contribution in [0.2, 0.25) is 0 Å². The van der Waals surface area contributed by atoms with Crippen molar-refractivity contribution in [2.24, 2.45) is 17.6 Å². The van der Waals surface area contributed by atoms with Crippen molar-refractivity contribution in [2.75, 3.05) is 13.2 Å². The van der Waals surface area contributed by atoms with Crippen LogP contribution < -0.4 is 10.5 Å². The summed E-state index contributed by atoms with van der Waals surface area (Å²) >= 11 is 0. The van der Waals surface area contributed by atoms with Crippen LogP contribution in [-0.2, 0) is 11.3 Å². The van der Waals surface area contributed by atoms with Crippen molar-refractivity contribution in [3.63, 3.8) is 0 Å². The van der Waals surface area contributed by atoms with Crippen molar-refractivity contribution in [1.29, 1.82) is 0 Å². The van der Waals surface area contributed by atoms with Gasteiger partial charge in [-0.15, -0.1) is 0 Å². The summed E-state index contributed by atoms with van der Waals surface area (Å²) in [4.78, 5) is 18.8. The van der Waals surface area contributed by atoms with Gasteiger partial charge in [0.2, 0.25) is 0 Å². The van der Waals surface area contributed by atoms with Crippen molar-refractivity contribution >= 4 is 5.78 Å². The zero-order valence-corrected chi connectivity index (χ0v) is 22.1. The van der Waals surface area contributed by atoms with E-state index in [2.05, 4.69) is 48.9 Å². The van der Waals surface area contributed by atoms with Crippen LogP contribution in [0.4, 0.5) is 4.39 Å². The molecule has 0 radical (unpaired) electrons. The van der Waals surface area contributed by atoms with Gasteiger partial charge >= 0.3 is 0 Å². The van der Waals surface area contributed by atoms with Crippen molar-refractivity contribution in [1.82, 2.24) is 9.55 Å². The number of hydrogen-bond acceptors (Lipinski definition) is 4. The maximum atomic E-state index is 13.7. The number of carbonyl (C=O) groups excluding carboxylic acids is 1. The van der Waals surface area contributed by atoms with Gasteiger partial charge in [-0.3, -0.25) is 4.79 Å². The van der Waals surface area contributed by atoms with Gasteiger partial charge in [-0.2, -0.15) is 0 Å². The molecule has 0 amide bonds. The maximum absolute atomic E-state index is 13.7. The van der Waals surface area contributed by atoms with Crippen molar-refractivity contribution in [3.8, 4) is 17.0 Å². The van der Waals surface area contributed by atoms with Crippen LogP contribution in [0.25, 0.3) is 11.3 Å². The van der Waals surface area contributed by atoms with Crippen LogP contribution in [0.15, 0.2) is 91.1 Å². The summed E-state index contributed by atoms with van der Waals surface area (Å²) in [5.74, 6) is 0.704. The summed E-state index contributed by atoms with van der Waals surface area (Å²) < 4.78 is 21.3. The number of hydrogen-bond donors (Lipinski definition) is 1. The topological polar surface area (TPSA) is 70.1 Å². The van der Waals surface area contributed by atoms with E-state index in [-0.39, 0.29) is 36.0 Å². The molecule has 0 aliphatic heterocycles. The van der Waals surface area contributed by atoms with Gasteiger partial charge in [-0.1, -0.05) is 74.5 Å². The fourth-order valence-electron chi connectivity index (χ4n) is 4.96. The first-order valence-electron chi connectivity index (χ1n) is 13.2. The largest absolute Gasteiger partial charge is 0.486 e. The molecule has 3 aromatic carbocycles. The highest BCUT2D eigenvalue weighted by Crippen LogP contribution is 2.37. The molecule has 0 aliphatic carbocycles. The monoisotopic (exact) mass is 513 g/mol. The summed E-state index contributed by atoms with van der Waals surface area (Å²) in [6.07, 6.45) is 3.46. The van der Waals surface area contributed by atoms with Crippen molar-refractivity contribution in [2.45, 2.75) is 39.2 Å². The molecule has 0 bridgehead atoms. The fraction of sp³-hybridized carbons (Fsp3) is 0.312. The molecule has 2 N–H and O–H groups in total. The molecule has 1 unspecified atom stereocenters. The first-order valence-corrected chi connectivity index (χ1v) is 13.2. The highest BCUT2D eigenvalue weighted by molar-refractivity contribution is 5.83. The third-order valence-electron chi connectivity index (χ3n) is 6.85. The summed E-state index contributed by atoms with van der Waals surface area (Å²) in [5.41, 5.74) is 8.97. The average Bonchev–Trinajstić information content (AvgIpc) is 3.34. The molecule has 4 rings (SSSR count). The zero-order chi connectivity index (χ0) is 26.9. The molecule has 0 fully saturated rings. The fourth-order valence-corrected chi connectivity index (χ4v) is 4.96. The van der Waals surface area contributed by atoms with Gasteiger partial charge in [0.1, 0.15) is 24.0 Å². The van der Waals surface area contributed by atoms with Crippen molar-refractivity contribution in [3.05, 3.63) is 108 Å². The number of Topliss-reactive ketones (excluding diaryl/α,β-unsaturated/α-hetero) is 1. The van der Waals surface area contributed by atoms with Crippen LogP contribution in [-0.4, -0.2) is 28.5 Å². The molecule has 1 heterocycles. The van der Waals surface area contributed by atoms with Gasteiger partial charge in [-0.25, -0.2) is 9.37 Å². The summed E-state index contributed by atoms with van der Waals surface area (Å²) in [6, 6.07) is 26.1. The van der Waals surface area contributed by atoms with Crippen molar-refractivity contribution < 1.29 is 13.9 Å². The Balaban J connectivity index is 1.69. The number of rotatable bonds is 13. The predicted molar refractivity (Wildman–Crippen MR) is 149 cm³/mol. The van der Waals surface area contributed by atoms with Crippen LogP contribution in [0.5, 0.6) is 5.75 Å². The second kappa shape index (κ2) is 13.2. The molecular weight excluding hydrogens is 477 g/mol. The Morgan fingerprint density at radius 2 is 1.63 bits per heavy atom. The molecule has 198 valence electrons. The highest BCUT2D eigenvalue weighted by atomic mass is 19.1. The van der Waals surface area contributed by atoms with Gasteiger partial charge in [0.15, 0.2) is 5.78 Å². The van der Waals surface area contributed by atoms with E-state index in [1.54, 1.807) is 0 Å². The van der Waals surface area contributed by atoms with E-state index in [1.165, 1.54) is 24.3 Å². The Morgan fingerprint density at radius 3 is 2.26 bits per heavy atom. The molecular formula is C32H36FN3O2. The lowest BCUT2D eigenvalue weighted by molar-refractivity contribution is -0.126. The first kappa shape index (κ1) is 27.3. The van der Waals surface area contributed by atoms with Crippen LogP contribution >= 0.6 is 0 Å². The summed E-state index contributed by atoms with van der Waals surface area (Å²) in [6.45, 7) is 5.34. The molecule has 0 aliphatic rings. The smallest absolute Gasteiger partial charge is 0.173 e. The number of aromatic nitrogens is 2. The van der Waals surface area contributed by atoms with Gasteiger partial charge in [-0.05, 0) is 55.1 Å². The molecule has 1 aromatic heterocycles. The number of ketones is 1. The SMILES string of the molecule is CC(C)[C@H](c1nc(-c2ccccc2)cn1Cc1ccccc1)C(CCCN)C(=O)COc1ccc(F)cc1. The van der Waals surface area contributed by atoms with Gasteiger partial charge in [0, 0.05) is 30.1 Å². The van der Waals surface area contributed by atoms with E-state index >= 15 is 0 Å². The number of benzene rings is 3. The number of nitrogens with two attached hydrogens (primary N) is 1. The molecule has 2 atom stereocenters. The van der Waals surface area contributed by atoms with Crippen LogP contribution in [0.1, 0.15) is 44.0 Å². The van der Waals surface area contributed by atoms with E-state index in [9.17, 15) is 9.18 Å². The number of ether oxygens (including phenoxy) is 1. The van der Waals surface area contributed by atoms with Gasteiger partial charge in [0.05, 0.1) is 5.69 Å². The Labute approximate surface area is 224 Å². The first-order chi connectivity index (χ1) is 18.5. The normalized spacial score (nSPS) is 12.9. The lowest BCUT2D eigenvalue weighted by Crippen LogP contribution is -2.32.